The Balaban J connectivity index is 2.40. The molecule has 1 heterocycles. The van der Waals surface area contributed by atoms with E-state index >= 15 is 0 Å². The molecule has 1 rings (SSSR count). The van der Waals surface area contributed by atoms with E-state index in [9.17, 15) is 0 Å². The molecule has 0 radical (unpaired) electrons. The molecule has 2 heteroatoms. The predicted octanol–water partition coefficient (Wildman–Crippen LogP) is 0.351. The van der Waals surface area contributed by atoms with Crippen molar-refractivity contribution in [1.29, 1.82) is 0 Å². The summed E-state index contributed by atoms with van der Waals surface area (Å²) >= 11 is 0.487. The molecular weight excluding hydrogens is 303 g/mol. The van der Waals surface area contributed by atoms with Crippen LogP contribution in [0.15, 0.2) is 16.5 Å². The third-order valence-electron chi connectivity index (χ3n) is 0.425. The molecule has 0 nitrogen and oxygen atoms in total. The van der Waals surface area contributed by atoms with E-state index in [1.54, 1.807) is 0 Å². The van der Waals surface area contributed by atoms with E-state index in [4.69, 9.17) is 0 Å². The fourth-order valence-corrected chi connectivity index (χ4v) is 6.38. The van der Waals surface area contributed by atoms with E-state index < -0.39 is 0 Å². The van der Waals surface area contributed by atoms with Crippen LogP contribution in [0.3, 0.4) is 0 Å². The van der Waals surface area contributed by atoms with Crippen molar-refractivity contribution in [2.75, 3.05) is 0 Å². The molecule has 1 aliphatic heterocycles. The Kier molecular flexibility index (Phi) is 2.70. The first-order chi connectivity index (χ1) is 3.00. The molecule has 0 aliphatic carbocycles. The monoisotopic (exact) mass is 312 g/mol. The van der Waals surface area contributed by atoms with Crippen molar-refractivity contribution in [3.8, 4) is 0 Å². The first kappa shape index (κ1) is 5.20. The molecule has 0 saturated carbocycles. The van der Waals surface area contributed by atoms with Gasteiger partial charge in [-0.25, -0.2) is 0 Å². The third kappa shape index (κ3) is 1.67. The van der Waals surface area contributed by atoms with Crippen LogP contribution in [-0.2, 0) is 0 Å². The Morgan fingerprint density at radius 3 is 1.17 bits per heavy atom. The number of hydrogen-bond acceptors (Lipinski definition) is 0. The SMILES string of the molecule is C1=C[Te]C=C[Te]1. The summed E-state index contributed by atoms with van der Waals surface area (Å²) in [5.74, 6) is 0. The van der Waals surface area contributed by atoms with Gasteiger partial charge < -0.3 is 0 Å². The zero-order chi connectivity index (χ0) is 4.24. The van der Waals surface area contributed by atoms with Gasteiger partial charge in [0.1, 0.15) is 0 Å². The second-order valence-electron chi connectivity index (χ2n) is 0.816. The first-order valence-corrected chi connectivity index (χ1v) is 6.99. The van der Waals surface area contributed by atoms with Gasteiger partial charge in [0.25, 0.3) is 0 Å². The van der Waals surface area contributed by atoms with Crippen LogP contribution in [0.1, 0.15) is 0 Å². The van der Waals surface area contributed by atoms with Gasteiger partial charge in [-0.3, -0.25) is 0 Å². The molecule has 0 aromatic carbocycles. The van der Waals surface area contributed by atoms with E-state index in [0.29, 0.717) is 0 Å². The molecule has 0 N–H and O–H groups in total. The van der Waals surface area contributed by atoms with E-state index in [0.717, 1.165) is 0 Å². The van der Waals surface area contributed by atoms with E-state index in [1.165, 1.54) is 0 Å². The molecule has 0 aromatic heterocycles. The summed E-state index contributed by atoms with van der Waals surface area (Å²) in [7, 11) is 0. The molecular formula is C4H4Te2. The summed E-state index contributed by atoms with van der Waals surface area (Å²) in [4.78, 5) is 0. The third-order valence-corrected chi connectivity index (χ3v) is 7.11. The Labute approximate surface area is 57.9 Å². The summed E-state index contributed by atoms with van der Waals surface area (Å²) < 4.78 is 9.47. The molecule has 0 unspecified atom stereocenters. The van der Waals surface area contributed by atoms with Crippen LogP contribution >= 0.6 is 0 Å². The van der Waals surface area contributed by atoms with Crippen LogP contribution in [0.25, 0.3) is 0 Å². The zero-order valence-corrected chi connectivity index (χ0v) is 7.79. The molecule has 0 fully saturated rings. The fourth-order valence-electron chi connectivity index (χ4n) is 0.219. The van der Waals surface area contributed by atoms with Crippen LogP contribution in [0.4, 0.5) is 0 Å². The summed E-state index contributed by atoms with van der Waals surface area (Å²) in [6, 6.07) is 0. The van der Waals surface area contributed by atoms with Crippen molar-refractivity contribution >= 4 is 41.8 Å². The average Bonchev–Trinajstić information content (AvgIpc) is 1.72. The molecule has 32 valence electrons. The van der Waals surface area contributed by atoms with E-state index in [-0.39, 0.29) is 41.8 Å². The van der Waals surface area contributed by atoms with Crippen LogP contribution < -0.4 is 0 Å². The predicted molar refractivity (Wildman–Crippen MR) is 29.8 cm³/mol. The topological polar surface area (TPSA) is 0 Å². The quantitative estimate of drug-likeness (QED) is 0.567. The van der Waals surface area contributed by atoms with Crippen molar-refractivity contribution in [2.24, 2.45) is 0 Å². The normalized spacial score (nSPS) is 18.7. The average molecular weight is 307 g/mol. The van der Waals surface area contributed by atoms with Gasteiger partial charge in [-0.1, -0.05) is 0 Å². The van der Waals surface area contributed by atoms with Gasteiger partial charge in [0, 0.05) is 0 Å². The van der Waals surface area contributed by atoms with Gasteiger partial charge in [0.05, 0.1) is 0 Å². The maximum atomic E-state index is 2.37. The maximum absolute atomic E-state index is 2.37. The molecule has 0 bridgehead atoms. The van der Waals surface area contributed by atoms with Crippen molar-refractivity contribution in [1.82, 2.24) is 0 Å². The van der Waals surface area contributed by atoms with E-state index in [2.05, 4.69) is 16.5 Å². The molecule has 6 heavy (non-hydrogen) atoms. The van der Waals surface area contributed by atoms with Gasteiger partial charge in [0.15, 0.2) is 0 Å². The van der Waals surface area contributed by atoms with Crippen LogP contribution in [0.5, 0.6) is 0 Å². The Morgan fingerprint density at radius 1 is 0.667 bits per heavy atom. The van der Waals surface area contributed by atoms with Gasteiger partial charge >= 0.3 is 58.3 Å². The van der Waals surface area contributed by atoms with Crippen molar-refractivity contribution < 1.29 is 0 Å². The second kappa shape index (κ2) is 3.11. The van der Waals surface area contributed by atoms with Crippen molar-refractivity contribution in [2.45, 2.75) is 0 Å². The Morgan fingerprint density at radius 2 is 1.00 bits per heavy atom. The summed E-state index contributed by atoms with van der Waals surface area (Å²) in [5, 5.41) is 0. The number of rotatable bonds is 0. The van der Waals surface area contributed by atoms with Gasteiger partial charge in [-0.2, -0.15) is 0 Å². The molecule has 0 spiro atoms. The Bertz CT molecular complexity index is 63.5. The number of hydrogen-bond donors (Lipinski definition) is 0. The minimum absolute atomic E-state index is 0.243. The molecule has 0 aromatic rings. The summed E-state index contributed by atoms with van der Waals surface area (Å²) in [6.45, 7) is 0. The van der Waals surface area contributed by atoms with E-state index in [1.807, 2.05) is 0 Å². The van der Waals surface area contributed by atoms with Crippen molar-refractivity contribution in [3.63, 3.8) is 0 Å². The van der Waals surface area contributed by atoms with Gasteiger partial charge in [-0.05, 0) is 0 Å². The van der Waals surface area contributed by atoms with Crippen molar-refractivity contribution in [3.05, 3.63) is 16.5 Å². The molecule has 1 aliphatic rings. The Hall–Kier alpha value is 1.06. The molecule has 0 saturated heterocycles. The van der Waals surface area contributed by atoms with Crippen LogP contribution in [0, 0.1) is 0 Å². The first-order valence-electron chi connectivity index (χ1n) is 1.61. The second-order valence-corrected chi connectivity index (χ2v) is 5.48. The molecule has 0 amide bonds. The zero-order valence-electron chi connectivity index (χ0n) is 3.13. The summed E-state index contributed by atoms with van der Waals surface area (Å²) in [6.07, 6.45) is 0. The van der Waals surface area contributed by atoms with Crippen LogP contribution in [-0.4, -0.2) is 41.8 Å². The minimum atomic E-state index is 0.243. The van der Waals surface area contributed by atoms with Gasteiger partial charge in [-0.15, -0.1) is 0 Å². The molecule has 0 atom stereocenters. The van der Waals surface area contributed by atoms with Gasteiger partial charge in [0.2, 0.25) is 0 Å². The fraction of sp³-hybridized carbons (Fsp3) is 0. The summed E-state index contributed by atoms with van der Waals surface area (Å²) in [5.41, 5.74) is 0. The standard InChI is InChI=1S/C4H4Te2/c1-2-6-4-3-5-1/h1-4H. The van der Waals surface area contributed by atoms with Crippen LogP contribution in [0.2, 0.25) is 0 Å².